The number of amides is 1. The predicted molar refractivity (Wildman–Crippen MR) is 144 cm³/mol. The van der Waals surface area contributed by atoms with Gasteiger partial charge in [0.15, 0.2) is 0 Å². The molecule has 5 heterocycles. The summed E-state index contributed by atoms with van der Waals surface area (Å²) in [5, 5.41) is 18.7. The van der Waals surface area contributed by atoms with Gasteiger partial charge in [0.1, 0.15) is 12.5 Å². The Morgan fingerprint density at radius 3 is 2.68 bits per heavy atom. The fourth-order valence-corrected chi connectivity index (χ4v) is 6.22. The minimum atomic E-state index is -0.129. The summed E-state index contributed by atoms with van der Waals surface area (Å²) >= 11 is 0. The Morgan fingerprint density at radius 2 is 1.84 bits per heavy atom. The maximum absolute atomic E-state index is 13.5. The van der Waals surface area contributed by atoms with Crippen molar-refractivity contribution in [3.63, 3.8) is 0 Å². The average molecular weight is 511 g/mol. The summed E-state index contributed by atoms with van der Waals surface area (Å²) in [5.41, 5.74) is 2.33. The largest absolute Gasteiger partial charge is 0.369 e. The second-order valence-corrected chi connectivity index (χ2v) is 10.9. The second-order valence-electron chi connectivity index (χ2n) is 10.9. The third-order valence-corrected chi connectivity index (χ3v) is 8.36. The van der Waals surface area contributed by atoms with Crippen LogP contribution in [0.4, 0.5) is 11.4 Å². The summed E-state index contributed by atoms with van der Waals surface area (Å²) in [7, 11) is 2.18. The minimum absolute atomic E-state index is 0.0487. The van der Waals surface area contributed by atoms with E-state index in [-0.39, 0.29) is 36.7 Å². The van der Waals surface area contributed by atoms with E-state index in [1.807, 2.05) is 5.01 Å². The van der Waals surface area contributed by atoms with Crippen LogP contribution in [0.25, 0.3) is 0 Å². The van der Waals surface area contributed by atoms with Crippen molar-refractivity contribution in [2.45, 2.75) is 57.0 Å². The zero-order valence-electron chi connectivity index (χ0n) is 21.9. The Hall–Kier alpha value is -2.21. The molecule has 0 aromatic heterocycles. The molecule has 10 nitrogen and oxygen atoms in total. The summed E-state index contributed by atoms with van der Waals surface area (Å²) < 4.78 is 6.13. The fraction of sp³-hybridized carbons (Fsp3) is 0.667. The number of fused-ring (bicyclic) bond motifs is 6. The van der Waals surface area contributed by atoms with Crippen LogP contribution in [0.2, 0.25) is 0 Å². The lowest BCUT2D eigenvalue weighted by Crippen LogP contribution is -2.68. The molecule has 10 heteroatoms. The van der Waals surface area contributed by atoms with Crippen molar-refractivity contribution < 1.29 is 9.53 Å². The van der Waals surface area contributed by atoms with Gasteiger partial charge in [-0.3, -0.25) is 25.8 Å². The molecule has 5 aliphatic rings. The quantitative estimate of drug-likeness (QED) is 0.447. The van der Waals surface area contributed by atoms with E-state index in [1.54, 1.807) is 0 Å². The van der Waals surface area contributed by atoms with Crippen LogP contribution in [0.1, 0.15) is 32.1 Å². The van der Waals surface area contributed by atoms with Gasteiger partial charge in [0.25, 0.3) is 0 Å². The van der Waals surface area contributed by atoms with Crippen molar-refractivity contribution in [3.05, 3.63) is 36.4 Å². The van der Waals surface area contributed by atoms with Gasteiger partial charge in [0.05, 0.1) is 24.8 Å². The molecule has 5 unspecified atom stereocenters. The van der Waals surface area contributed by atoms with Crippen LogP contribution in [0.3, 0.4) is 0 Å². The number of nitrogens with zero attached hydrogens (tertiary/aromatic N) is 4. The first-order valence-corrected chi connectivity index (χ1v) is 14.1. The third kappa shape index (κ3) is 5.50. The van der Waals surface area contributed by atoms with Crippen LogP contribution in [-0.4, -0.2) is 98.6 Å². The first kappa shape index (κ1) is 25.1. The highest BCUT2D eigenvalue weighted by atomic mass is 16.5. The van der Waals surface area contributed by atoms with Crippen LogP contribution in [0, 0.1) is 5.92 Å². The smallest absolute Gasteiger partial charge is 0.244 e. The number of hydrazine groups is 1. The molecule has 5 aliphatic heterocycles. The molecule has 0 saturated carbocycles. The fourth-order valence-electron chi connectivity index (χ4n) is 6.22. The molecule has 4 N–H and O–H groups in total. The number of allylic oxidation sites excluding steroid dienone is 1. The van der Waals surface area contributed by atoms with E-state index in [2.05, 4.69) is 79.5 Å². The number of piperazine rings is 1. The number of hydrogen-bond donors (Lipinski definition) is 4. The Kier molecular flexibility index (Phi) is 7.64. The van der Waals surface area contributed by atoms with Crippen molar-refractivity contribution in [2.75, 3.05) is 63.1 Å². The van der Waals surface area contributed by atoms with Gasteiger partial charge >= 0.3 is 0 Å². The number of rotatable bonds is 3. The van der Waals surface area contributed by atoms with Crippen LogP contribution >= 0.6 is 0 Å². The van der Waals surface area contributed by atoms with Crippen LogP contribution < -0.4 is 26.2 Å². The predicted octanol–water partition coefficient (Wildman–Crippen LogP) is 1.12. The summed E-state index contributed by atoms with van der Waals surface area (Å²) in [6, 6.07) is 8.71. The van der Waals surface area contributed by atoms with E-state index in [0.717, 1.165) is 70.6 Å². The molecule has 37 heavy (non-hydrogen) atoms. The second kappa shape index (κ2) is 11.3. The van der Waals surface area contributed by atoms with Crippen molar-refractivity contribution in [3.8, 4) is 0 Å². The van der Waals surface area contributed by atoms with Gasteiger partial charge in [-0.15, -0.1) is 0 Å². The summed E-state index contributed by atoms with van der Waals surface area (Å²) in [5.74, 6) is 0.0609. The highest BCUT2D eigenvalue weighted by Crippen LogP contribution is 2.32. The standard InChI is InChI=1S/C27H42N8O2/c1-32-14-16-33(17-15-32)21-11-9-20(10-12-21)29-27-28-19-22-25(31-27)35-23-7-6-8-24(30-23)37-18-5-3-2-4-13-34(35)26(22)36/h2,4,9-12,22-25,27-31H,3,5-8,13-19H2,1H3/b4-2-. The number of piperidine rings is 1. The minimum Gasteiger partial charge on any atom is -0.369 e. The highest BCUT2D eigenvalue weighted by molar-refractivity contribution is 5.82. The van der Waals surface area contributed by atoms with Gasteiger partial charge < -0.3 is 19.9 Å². The van der Waals surface area contributed by atoms with Gasteiger partial charge in [0.2, 0.25) is 5.91 Å². The van der Waals surface area contributed by atoms with Crippen LogP contribution in [0.5, 0.6) is 0 Å². The van der Waals surface area contributed by atoms with Gasteiger partial charge in [0, 0.05) is 50.7 Å². The number of benzene rings is 1. The first-order valence-electron chi connectivity index (χ1n) is 14.1. The van der Waals surface area contributed by atoms with E-state index in [0.29, 0.717) is 13.1 Å². The molecule has 0 spiro atoms. The third-order valence-electron chi connectivity index (χ3n) is 8.36. The van der Waals surface area contributed by atoms with Gasteiger partial charge in [-0.25, -0.2) is 0 Å². The summed E-state index contributed by atoms with van der Waals surface area (Å²) in [6.07, 6.45) is 9.32. The molecule has 0 aliphatic carbocycles. The molecule has 6 rings (SSSR count). The van der Waals surface area contributed by atoms with Crippen molar-refractivity contribution >= 4 is 17.3 Å². The molecule has 4 fully saturated rings. The lowest BCUT2D eigenvalue weighted by molar-refractivity contribution is -0.149. The number of carbonyl (C=O) groups is 1. The van der Waals surface area contributed by atoms with Gasteiger partial charge in [-0.1, -0.05) is 12.2 Å². The van der Waals surface area contributed by atoms with Crippen LogP contribution in [-0.2, 0) is 9.53 Å². The number of hydrogen-bond acceptors (Lipinski definition) is 9. The Bertz CT molecular complexity index is 950. The highest BCUT2D eigenvalue weighted by Gasteiger charge is 2.52. The normalized spacial score (nSPS) is 34.7. The van der Waals surface area contributed by atoms with Gasteiger partial charge in [-0.05, 0) is 63.4 Å². The molecule has 5 atom stereocenters. The Morgan fingerprint density at radius 1 is 1.00 bits per heavy atom. The molecular weight excluding hydrogens is 468 g/mol. The van der Waals surface area contributed by atoms with E-state index < -0.39 is 0 Å². The summed E-state index contributed by atoms with van der Waals surface area (Å²) in [4.78, 5) is 18.3. The molecule has 0 radical (unpaired) electrons. The first-order chi connectivity index (χ1) is 18.2. The maximum atomic E-state index is 13.5. The SMILES string of the molecule is CN1CCN(c2ccc(NC3NCC4C(=O)N5C/C=C\CCCOC6CCCC(N6)N5C4N3)cc2)CC1. The summed E-state index contributed by atoms with van der Waals surface area (Å²) in [6.45, 7) is 6.35. The molecule has 1 aromatic rings. The van der Waals surface area contributed by atoms with Gasteiger partial charge in [-0.2, -0.15) is 5.01 Å². The molecule has 2 bridgehead atoms. The molecule has 1 aromatic carbocycles. The molecular formula is C27H42N8O2. The molecule has 1 amide bonds. The van der Waals surface area contributed by atoms with E-state index in [4.69, 9.17) is 4.74 Å². The topological polar surface area (TPSA) is 87.4 Å². The van der Waals surface area contributed by atoms with E-state index in [1.165, 1.54) is 5.69 Å². The lowest BCUT2D eigenvalue weighted by atomic mass is 10.0. The number of nitrogens with one attached hydrogen (secondary N) is 4. The van der Waals surface area contributed by atoms with E-state index >= 15 is 0 Å². The zero-order valence-corrected chi connectivity index (χ0v) is 21.9. The maximum Gasteiger partial charge on any atom is 0.244 e. The van der Waals surface area contributed by atoms with Crippen LogP contribution in [0.15, 0.2) is 36.4 Å². The van der Waals surface area contributed by atoms with Crippen molar-refractivity contribution in [2.24, 2.45) is 5.92 Å². The zero-order chi connectivity index (χ0) is 25.2. The average Bonchev–Trinajstić information content (AvgIpc) is 3.19. The number of carbonyl (C=O) groups excluding carboxylic acids is 1. The number of likely N-dealkylation sites (N-methyl/N-ethyl adjacent to an activating group) is 1. The number of ether oxygens (including phenoxy) is 1. The lowest BCUT2D eigenvalue weighted by Gasteiger charge is -2.45. The monoisotopic (exact) mass is 510 g/mol. The Labute approximate surface area is 220 Å². The molecule has 4 saturated heterocycles. The molecule has 202 valence electrons. The number of anilines is 2. The Balaban J connectivity index is 1.15. The van der Waals surface area contributed by atoms with E-state index in [9.17, 15) is 4.79 Å². The van der Waals surface area contributed by atoms with Crippen molar-refractivity contribution in [1.82, 2.24) is 30.9 Å². The van der Waals surface area contributed by atoms with Crippen molar-refractivity contribution in [1.29, 1.82) is 0 Å².